The molecular weight excluding hydrogens is 146 g/mol. The fraction of sp³-hybridized carbons (Fsp3) is 0.857. The lowest BCUT2D eigenvalue weighted by atomic mass is 10.1. The first kappa shape index (κ1) is 8.49. The number of carbonyl (C=O) groups is 1. The molecule has 0 amide bonds. The molecule has 1 heterocycles. The molecule has 1 aliphatic rings. The molecule has 0 radical (unpaired) electrons. The molecule has 4 nitrogen and oxygen atoms in total. The first-order valence-electron chi connectivity index (χ1n) is 3.71. The lowest BCUT2D eigenvalue weighted by molar-refractivity contribution is -0.146. The maximum atomic E-state index is 10.7. The molecule has 1 fully saturated rings. The number of aliphatic carboxylic acids is 1. The topological polar surface area (TPSA) is 58.6 Å². The number of hydrogen-bond acceptors (Lipinski definition) is 3. The van der Waals surface area contributed by atoms with Crippen molar-refractivity contribution in [2.45, 2.75) is 18.9 Å². The van der Waals surface area contributed by atoms with Crippen LogP contribution in [0.2, 0.25) is 0 Å². The molecular formula is C7H13NO3. The average molecular weight is 159 g/mol. The minimum atomic E-state index is -0.892. The van der Waals surface area contributed by atoms with Gasteiger partial charge in [-0.25, -0.2) is 0 Å². The van der Waals surface area contributed by atoms with Crippen LogP contribution in [0.5, 0.6) is 0 Å². The molecule has 0 aromatic carbocycles. The van der Waals surface area contributed by atoms with Crippen molar-refractivity contribution >= 4 is 5.97 Å². The molecule has 11 heavy (non-hydrogen) atoms. The van der Waals surface area contributed by atoms with Gasteiger partial charge in [-0.2, -0.15) is 0 Å². The zero-order valence-corrected chi connectivity index (χ0v) is 6.59. The van der Waals surface area contributed by atoms with Crippen molar-refractivity contribution in [2.24, 2.45) is 0 Å². The third kappa shape index (κ3) is 1.91. The Labute approximate surface area is 65.5 Å². The van der Waals surface area contributed by atoms with Crippen LogP contribution in [0.1, 0.15) is 13.3 Å². The highest BCUT2D eigenvalue weighted by Gasteiger charge is 2.33. The Morgan fingerprint density at radius 3 is 3.09 bits per heavy atom. The van der Waals surface area contributed by atoms with Crippen LogP contribution in [0.4, 0.5) is 0 Å². The minimum Gasteiger partial charge on any atom is -0.480 e. The average Bonchev–Trinajstić information content (AvgIpc) is 2.15. The van der Waals surface area contributed by atoms with Gasteiger partial charge in [0.15, 0.2) is 0 Å². The number of nitrogens with one attached hydrogen (secondary N) is 1. The van der Waals surface area contributed by atoms with Gasteiger partial charge in [-0.05, 0) is 19.9 Å². The van der Waals surface area contributed by atoms with Crippen LogP contribution in [0.15, 0.2) is 0 Å². The van der Waals surface area contributed by atoms with Crippen molar-refractivity contribution < 1.29 is 14.6 Å². The fourth-order valence-corrected chi connectivity index (χ4v) is 1.00. The van der Waals surface area contributed by atoms with Crippen LogP contribution in [0.3, 0.4) is 0 Å². The van der Waals surface area contributed by atoms with E-state index in [0.717, 1.165) is 6.42 Å². The van der Waals surface area contributed by atoms with E-state index in [4.69, 9.17) is 9.84 Å². The molecule has 4 heteroatoms. The van der Waals surface area contributed by atoms with Crippen LogP contribution in [-0.4, -0.2) is 36.4 Å². The van der Waals surface area contributed by atoms with Crippen molar-refractivity contribution in [2.75, 3.05) is 19.8 Å². The summed E-state index contributed by atoms with van der Waals surface area (Å²) in [7, 11) is 0. The largest absolute Gasteiger partial charge is 0.480 e. The second kappa shape index (κ2) is 3.19. The van der Waals surface area contributed by atoms with Crippen LogP contribution >= 0.6 is 0 Å². The van der Waals surface area contributed by atoms with Gasteiger partial charge >= 0.3 is 5.97 Å². The van der Waals surface area contributed by atoms with E-state index in [1.165, 1.54) is 0 Å². The molecule has 0 aliphatic carbocycles. The molecule has 0 bridgehead atoms. The highest BCUT2D eigenvalue weighted by molar-refractivity contribution is 5.78. The SMILES string of the molecule is CC1(C(=O)O)COCCCN1. The molecule has 0 aromatic heterocycles. The normalized spacial score (nSPS) is 32.8. The standard InChI is InChI=1S/C7H13NO3/c1-7(6(9)10)5-11-4-2-3-8-7/h8H,2-5H2,1H3,(H,9,10). The Hall–Kier alpha value is -0.610. The lowest BCUT2D eigenvalue weighted by Crippen LogP contribution is -2.52. The molecule has 0 aromatic rings. The van der Waals surface area contributed by atoms with E-state index in [1.807, 2.05) is 0 Å². The summed E-state index contributed by atoms with van der Waals surface area (Å²) in [6.07, 6.45) is 0.878. The first-order chi connectivity index (χ1) is 5.15. The fourth-order valence-electron chi connectivity index (χ4n) is 1.00. The second-order valence-electron chi connectivity index (χ2n) is 2.97. The van der Waals surface area contributed by atoms with E-state index < -0.39 is 11.5 Å². The smallest absolute Gasteiger partial charge is 0.326 e. The zero-order valence-electron chi connectivity index (χ0n) is 6.59. The van der Waals surface area contributed by atoms with E-state index >= 15 is 0 Å². The van der Waals surface area contributed by atoms with E-state index in [1.54, 1.807) is 6.92 Å². The summed E-state index contributed by atoms with van der Waals surface area (Å²) in [4.78, 5) is 10.7. The van der Waals surface area contributed by atoms with Crippen LogP contribution < -0.4 is 5.32 Å². The molecule has 64 valence electrons. The van der Waals surface area contributed by atoms with Crippen molar-refractivity contribution in [3.8, 4) is 0 Å². The van der Waals surface area contributed by atoms with Crippen molar-refractivity contribution in [1.29, 1.82) is 0 Å². The summed E-state index contributed by atoms with van der Waals surface area (Å²) in [5, 5.41) is 11.7. The van der Waals surface area contributed by atoms with Crippen LogP contribution in [-0.2, 0) is 9.53 Å². The number of ether oxygens (including phenoxy) is 1. The van der Waals surface area contributed by atoms with Gasteiger partial charge in [0.25, 0.3) is 0 Å². The first-order valence-corrected chi connectivity index (χ1v) is 3.71. The van der Waals surface area contributed by atoms with Gasteiger partial charge in [-0.15, -0.1) is 0 Å². The molecule has 2 N–H and O–H groups in total. The maximum absolute atomic E-state index is 10.7. The van der Waals surface area contributed by atoms with Gasteiger partial charge in [-0.1, -0.05) is 0 Å². The summed E-state index contributed by atoms with van der Waals surface area (Å²) in [6.45, 7) is 3.25. The third-order valence-corrected chi connectivity index (χ3v) is 1.84. The molecule has 1 unspecified atom stereocenters. The quantitative estimate of drug-likeness (QED) is 0.558. The van der Waals surface area contributed by atoms with Gasteiger partial charge in [0.05, 0.1) is 6.61 Å². The van der Waals surface area contributed by atoms with Crippen LogP contribution in [0.25, 0.3) is 0 Å². The summed E-state index contributed by atoms with van der Waals surface area (Å²) in [5.74, 6) is -0.848. The highest BCUT2D eigenvalue weighted by Crippen LogP contribution is 2.08. The molecule has 1 saturated heterocycles. The Morgan fingerprint density at radius 1 is 1.73 bits per heavy atom. The van der Waals surface area contributed by atoms with Crippen LogP contribution in [0, 0.1) is 0 Å². The van der Waals surface area contributed by atoms with Crippen molar-refractivity contribution in [1.82, 2.24) is 5.32 Å². The Bertz CT molecular complexity index is 150. The predicted octanol–water partition coefficient (Wildman–Crippen LogP) is -0.160. The molecule has 1 aliphatic heterocycles. The Balaban J connectivity index is 2.59. The predicted molar refractivity (Wildman–Crippen MR) is 39.5 cm³/mol. The zero-order chi connectivity index (χ0) is 8.32. The van der Waals surface area contributed by atoms with E-state index in [9.17, 15) is 4.79 Å². The summed E-state index contributed by atoms with van der Waals surface area (Å²) >= 11 is 0. The number of hydrogen-bond donors (Lipinski definition) is 2. The minimum absolute atomic E-state index is 0.252. The third-order valence-electron chi connectivity index (χ3n) is 1.84. The molecule has 0 saturated carbocycles. The second-order valence-corrected chi connectivity index (χ2v) is 2.97. The highest BCUT2D eigenvalue weighted by atomic mass is 16.5. The number of carboxylic acid groups (broad SMARTS) is 1. The summed E-state index contributed by atoms with van der Waals surface area (Å²) < 4.78 is 5.13. The van der Waals surface area contributed by atoms with Crippen molar-refractivity contribution in [3.05, 3.63) is 0 Å². The number of rotatable bonds is 1. The summed E-state index contributed by atoms with van der Waals surface area (Å²) in [5.41, 5.74) is -0.892. The monoisotopic (exact) mass is 159 g/mol. The Morgan fingerprint density at radius 2 is 2.45 bits per heavy atom. The van der Waals surface area contributed by atoms with E-state index in [0.29, 0.717) is 13.2 Å². The van der Waals surface area contributed by atoms with Gasteiger partial charge in [-0.3, -0.25) is 4.79 Å². The maximum Gasteiger partial charge on any atom is 0.326 e. The molecule has 0 spiro atoms. The summed E-state index contributed by atoms with van der Waals surface area (Å²) in [6, 6.07) is 0. The van der Waals surface area contributed by atoms with Gasteiger partial charge in [0.2, 0.25) is 0 Å². The van der Waals surface area contributed by atoms with Gasteiger partial charge in [0.1, 0.15) is 5.54 Å². The van der Waals surface area contributed by atoms with Gasteiger partial charge in [0, 0.05) is 6.61 Å². The van der Waals surface area contributed by atoms with Crippen molar-refractivity contribution in [3.63, 3.8) is 0 Å². The number of carboxylic acids is 1. The molecule has 1 atom stereocenters. The van der Waals surface area contributed by atoms with E-state index in [-0.39, 0.29) is 6.61 Å². The van der Waals surface area contributed by atoms with Gasteiger partial charge < -0.3 is 15.2 Å². The Kier molecular flexibility index (Phi) is 2.46. The van der Waals surface area contributed by atoms with E-state index in [2.05, 4.69) is 5.32 Å². The molecule has 1 rings (SSSR count). The lowest BCUT2D eigenvalue weighted by Gasteiger charge is -2.22.